The second kappa shape index (κ2) is 6.15. The highest BCUT2D eigenvalue weighted by Crippen LogP contribution is 2.23. The maximum absolute atomic E-state index is 13.6. The van der Waals surface area contributed by atoms with E-state index in [1.807, 2.05) is 0 Å². The van der Waals surface area contributed by atoms with Crippen molar-refractivity contribution in [3.8, 4) is 5.88 Å². The van der Waals surface area contributed by atoms with Crippen molar-refractivity contribution in [2.45, 2.75) is 6.61 Å². The van der Waals surface area contributed by atoms with Crippen LogP contribution in [-0.4, -0.2) is 10.2 Å². The van der Waals surface area contributed by atoms with Crippen LogP contribution in [0.5, 0.6) is 5.88 Å². The van der Waals surface area contributed by atoms with Crippen molar-refractivity contribution in [1.29, 1.82) is 0 Å². The zero-order chi connectivity index (χ0) is 14.7. The van der Waals surface area contributed by atoms with Gasteiger partial charge >= 0.3 is 0 Å². The van der Waals surface area contributed by atoms with E-state index in [2.05, 4.69) is 4.98 Å². The molecule has 1 aromatic heterocycles. The van der Waals surface area contributed by atoms with Gasteiger partial charge in [-0.05, 0) is 29.8 Å². The van der Waals surface area contributed by atoms with E-state index in [0.29, 0.717) is 5.56 Å². The molecule has 0 saturated carbocycles. The topological polar surface area (TPSA) is 39.2 Å². The largest absolute Gasteiger partial charge is 0.473 e. The van der Waals surface area contributed by atoms with Gasteiger partial charge < -0.3 is 4.74 Å². The number of pyridine rings is 1. The molecule has 0 bridgehead atoms. The summed E-state index contributed by atoms with van der Waals surface area (Å²) in [5.74, 6) is -1.12. The van der Waals surface area contributed by atoms with Crippen LogP contribution in [0, 0.1) is 11.6 Å². The van der Waals surface area contributed by atoms with E-state index in [1.54, 1.807) is 0 Å². The Labute approximate surface area is 123 Å². The molecule has 0 atom stereocenters. The number of aromatic nitrogens is 1. The van der Waals surface area contributed by atoms with Gasteiger partial charge in [0.15, 0.2) is 0 Å². The average molecular weight is 318 g/mol. The van der Waals surface area contributed by atoms with Gasteiger partial charge in [-0.25, -0.2) is 13.8 Å². The van der Waals surface area contributed by atoms with Crippen LogP contribution in [0.4, 0.5) is 8.78 Å². The summed E-state index contributed by atoms with van der Waals surface area (Å²) in [4.78, 5) is 14.6. The zero-order valence-corrected chi connectivity index (χ0v) is 11.4. The van der Waals surface area contributed by atoms with Crippen LogP contribution in [0.25, 0.3) is 0 Å². The molecule has 0 radical (unpaired) electrons. The minimum Gasteiger partial charge on any atom is -0.473 e. The molecule has 0 N–H and O–H groups in total. The molecule has 0 unspecified atom stereocenters. The van der Waals surface area contributed by atoms with E-state index >= 15 is 0 Å². The Bertz CT molecular complexity index is 648. The third-order valence-electron chi connectivity index (χ3n) is 2.42. The van der Waals surface area contributed by atoms with Crippen molar-refractivity contribution >= 4 is 28.4 Å². The zero-order valence-electron chi connectivity index (χ0n) is 9.87. The molecule has 2 rings (SSSR count). The van der Waals surface area contributed by atoms with Gasteiger partial charge in [-0.15, -0.1) is 0 Å². The first-order chi connectivity index (χ1) is 9.47. The second-order valence-corrected chi connectivity index (χ2v) is 4.55. The summed E-state index contributed by atoms with van der Waals surface area (Å²) in [5.41, 5.74) is 0.0114. The van der Waals surface area contributed by atoms with E-state index in [9.17, 15) is 13.6 Å². The molecule has 104 valence electrons. The molecule has 0 amide bonds. The van der Waals surface area contributed by atoms with E-state index in [4.69, 9.17) is 27.9 Å². The number of carbonyl (C=O) groups excluding carboxylic acids is 1. The molecular weight excluding hydrogens is 311 g/mol. The van der Waals surface area contributed by atoms with Crippen LogP contribution in [-0.2, 0) is 6.61 Å². The van der Waals surface area contributed by atoms with E-state index in [-0.39, 0.29) is 23.1 Å². The number of hydrogen-bond acceptors (Lipinski definition) is 3. The summed E-state index contributed by atoms with van der Waals surface area (Å²) in [6.07, 6.45) is 0.993. The average Bonchev–Trinajstić information content (AvgIpc) is 2.41. The molecule has 2 aromatic rings. The number of rotatable bonds is 4. The first-order valence-corrected chi connectivity index (χ1v) is 6.15. The van der Waals surface area contributed by atoms with Crippen LogP contribution in [0.2, 0.25) is 5.02 Å². The Morgan fingerprint density at radius 1 is 1.30 bits per heavy atom. The summed E-state index contributed by atoms with van der Waals surface area (Å²) in [6, 6.07) is 4.69. The lowest BCUT2D eigenvalue weighted by molar-refractivity contribution is 0.107. The van der Waals surface area contributed by atoms with Crippen molar-refractivity contribution in [3.63, 3.8) is 0 Å². The predicted octanol–water partition coefficient (Wildman–Crippen LogP) is 3.97. The number of carbonyl (C=O) groups is 1. The second-order valence-electron chi connectivity index (χ2n) is 3.80. The van der Waals surface area contributed by atoms with Crippen molar-refractivity contribution in [3.05, 3.63) is 58.2 Å². The fourth-order valence-electron chi connectivity index (χ4n) is 1.45. The van der Waals surface area contributed by atoms with Gasteiger partial charge in [0.1, 0.15) is 18.2 Å². The van der Waals surface area contributed by atoms with Crippen LogP contribution in [0.15, 0.2) is 30.5 Å². The Morgan fingerprint density at radius 3 is 2.65 bits per heavy atom. The Hall–Kier alpha value is -1.72. The molecule has 20 heavy (non-hydrogen) atoms. The SMILES string of the molecule is O=C(Cl)c1cc(Cl)c(COc2ccc(F)cn2)cc1F. The minimum absolute atomic E-state index is 0.0782. The lowest BCUT2D eigenvalue weighted by atomic mass is 10.1. The highest BCUT2D eigenvalue weighted by atomic mass is 35.5. The van der Waals surface area contributed by atoms with E-state index in [1.165, 1.54) is 12.1 Å². The van der Waals surface area contributed by atoms with Crippen molar-refractivity contribution in [2.24, 2.45) is 0 Å². The van der Waals surface area contributed by atoms with Crippen LogP contribution in [0.1, 0.15) is 15.9 Å². The van der Waals surface area contributed by atoms with Crippen molar-refractivity contribution in [2.75, 3.05) is 0 Å². The number of halogens is 4. The first-order valence-electron chi connectivity index (χ1n) is 5.39. The van der Waals surface area contributed by atoms with Gasteiger partial charge in [0, 0.05) is 16.7 Å². The maximum atomic E-state index is 13.6. The van der Waals surface area contributed by atoms with Crippen LogP contribution < -0.4 is 4.74 Å². The lowest BCUT2D eigenvalue weighted by Crippen LogP contribution is -2.02. The quantitative estimate of drug-likeness (QED) is 0.801. The summed E-state index contributed by atoms with van der Waals surface area (Å²) in [5, 5.41) is -0.797. The van der Waals surface area contributed by atoms with Gasteiger partial charge in [-0.2, -0.15) is 0 Å². The third-order valence-corrected chi connectivity index (χ3v) is 2.98. The highest BCUT2D eigenvalue weighted by Gasteiger charge is 2.14. The standard InChI is InChI=1S/C13H7Cl2F2NO2/c14-10-4-9(13(15)19)11(17)3-7(10)6-20-12-2-1-8(16)5-18-12/h1-5H,6H2. The molecule has 3 nitrogen and oxygen atoms in total. The summed E-state index contributed by atoms with van der Waals surface area (Å²) in [7, 11) is 0. The van der Waals surface area contributed by atoms with Gasteiger partial charge in [0.25, 0.3) is 5.24 Å². The predicted molar refractivity (Wildman–Crippen MR) is 70.1 cm³/mol. The molecule has 0 fully saturated rings. The normalized spacial score (nSPS) is 10.4. The molecule has 0 saturated heterocycles. The van der Waals surface area contributed by atoms with Crippen LogP contribution >= 0.6 is 23.2 Å². The molecule has 0 aliphatic rings. The molecule has 0 aliphatic heterocycles. The van der Waals surface area contributed by atoms with Crippen molar-refractivity contribution in [1.82, 2.24) is 4.98 Å². The number of hydrogen-bond donors (Lipinski definition) is 0. The van der Waals surface area contributed by atoms with Gasteiger partial charge in [0.05, 0.1) is 11.8 Å². The fourth-order valence-corrected chi connectivity index (χ4v) is 1.81. The molecule has 1 heterocycles. The van der Waals surface area contributed by atoms with Crippen molar-refractivity contribution < 1.29 is 18.3 Å². The van der Waals surface area contributed by atoms with E-state index < -0.39 is 16.9 Å². The van der Waals surface area contributed by atoms with Gasteiger partial charge in [0.2, 0.25) is 5.88 Å². The first kappa shape index (κ1) is 14.7. The third kappa shape index (κ3) is 3.43. The number of benzene rings is 1. The number of nitrogens with zero attached hydrogens (tertiary/aromatic N) is 1. The van der Waals surface area contributed by atoms with Gasteiger partial charge in [-0.3, -0.25) is 4.79 Å². The molecule has 0 spiro atoms. The Balaban J connectivity index is 2.16. The molecular formula is C13H7Cl2F2NO2. The fraction of sp³-hybridized carbons (Fsp3) is 0.0769. The lowest BCUT2D eigenvalue weighted by Gasteiger charge is -2.08. The molecule has 1 aromatic carbocycles. The number of ether oxygens (including phenoxy) is 1. The Morgan fingerprint density at radius 2 is 2.05 bits per heavy atom. The van der Waals surface area contributed by atoms with Crippen LogP contribution in [0.3, 0.4) is 0 Å². The summed E-state index contributed by atoms with van der Waals surface area (Å²) >= 11 is 11.1. The smallest absolute Gasteiger partial charge is 0.255 e. The maximum Gasteiger partial charge on any atom is 0.255 e. The van der Waals surface area contributed by atoms with E-state index in [0.717, 1.165) is 18.3 Å². The summed E-state index contributed by atoms with van der Waals surface area (Å²) in [6.45, 7) is -0.0782. The monoisotopic (exact) mass is 317 g/mol. The molecule has 0 aliphatic carbocycles. The Kier molecular flexibility index (Phi) is 4.52. The van der Waals surface area contributed by atoms with Gasteiger partial charge in [-0.1, -0.05) is 11.6 Å². The minimum atomic E-state index is -0.933. The summed E-state index contributed by atoms with van der Waals surface area (Å²) < 4.78 is 31.5. The molecule has 7 heteroatoms. The highest BCUT2D eigenvalue weighted by molar-refractivity contribution is 6.67.